The fourth-order valence-corrected chi connectivity index (χ4v) is 2.99. The van der Waals surface area contributed by atoms with Gasteiger partial charge in [0.05, 0.1) is 30.9 Å². The number of aromatic nitrogens is 2. The fourth-order valence-electron chi connectivity index (χ4n) is 2.51. The van der Waals surface area contributed by atoms with Crippen molar-refractivity contribution in [3.8, 4) is 0 Å². The first-order chi connectivity index (χ1) is 12.6. The lowest BCUT2D eigenvalue weighted by Gasteiger charge is -2.21. The van der Waals surface area contributed by atoms with Gasteiger partial charge in [-0.3, -0.25) is 10.3 Å². The van der Waals surface area contributed by atoms with Crippen molar-refractivity contribution in [2.75, 3.05) is 41.4 Å². The second kappa shape index (κ2) is 8.06. The molecular formula is C15H17FN6O3S. The summed E-state index contributed by atoms with van der Waals surface area (Å²) >= 11 is 1.35. The van der Waals surface area contributed by atoms with Crippen LogP contribution in [0.4, 0.5) is 25.7 Å². The van der Waals surface area contributed by atoms with Crippen LogP contribution < -0.4 is 15.1 Å². The van der Waals surface area contributed by atoms with Crippen molar-refractivity contribution in [2.24, 2.45) is 0 Å². The summed E-state index contributed by atoms with van der Waals surface area (Å²) in [6, 6.07) is 4.29. The largest absolute Gasteiger partial charge is 0.441 e. The van der Waals surface area contributed by atoms with Crippen LogP contribution in [0.5, 0.6) is 0 Å². The zero-order valence-corrected chi connectivity index (χ0v) is 14.4. The van der Waals surface area contributed by atoms with Gasteiger partial charge < -0.3 is 20.1 Å². The second-order valence-corrected chi connectivity index (χ2v) is 6.26. The minimum Gasteiger partial charge on any atom is -0.441 e. The van der Waals surface area contributed by atoms with Crippen LogP contribution >= 0.6 is 11.3 Å². The summed E-state index contributed by atoms with van der Waals surface area (Å²) in [6.45, 7) is 0.667. The molecule has 0 bridgehead atoms. The van der Waals surface area contributed by atoms with Gasteiger partial charge in [-0.05, 0) is 18.2 Å². The average molecular weight is 380 g/mol. The highest BCUT2D eigenvalue weighted by Crippen LogP contribution is 2.27. The van der Waals surface area contributed by atoms with E-state index < -0.39 is 18.0 Å². The minimum atomic E-state index is -0.624. The third kappa shape index (κ3) is 3.89. The Balaban J connectivity index is 1.67. The molecule has 11 heteroatoms. The van der Waals surface area contributed by atoms with E-state index in [1.54, 1.807) is 11.6 Å². The number of hydrogen-bond acceptors (Lipinski definition) is 8. The molecule has 0 radical (unpaired) electrons. The number of benzene rings is 1. The van der Waals surface area contributed by atoms with Gasteiger partial charge in [0.1, 0.15) is 17.4 Å². The molecule has 1 aromatic heterocycles. The van der Waals surface area contributed by atoms with Gasteiger partial charge in [0.25, 0.3) is 0 Å². The molecule has 0 aliphatic carbocycles. The molecule has 3 rings (SSSR count). The van der Waals surface area contributed by atoms with Crippen LogP contribution in [0.1, 0.15) is 0 Å². The molecule has 2 heterocycles. The molecule has 1 amide bonds. The summed E-state index contributed by atoms with van der Waals surface area (Å²) in [4.78, 5) is 14.5. The lowest BCUT2D eigenvalue weighted by Crippen LogP contribution is -2.29. The number of carbonyl (C=O) groups is 1. The topological polar surface area (TPSA) is 115 Å². The molecule has 2 aromatic rings. The van der Waals surface area contributed by atoms with Gasteiger partial charge in [-0.2, -0.15) is 0 Å². The SMILES string of the molecule is N=CN(CCNc1nncs1)c1ccc(N2CC(CO)OC2=O)cc1F. The summed E-state index contributed by atoms with van der Waals surface area (Å²) in [5, 5.41) is 27.8. The van der Waals surface area contributed by atoms with Gasteiger partial charge in [0, 0.05) is 13.1 Å². The highest BCUT2D eigenvalue weighted by atomic mass is 32.1. The Kier molecular flexibility index (Phi) is 5.58. The van der Waals surface area contributed by atoms with Gasteiger partial charge in [-0.1, -0.05) is 11.3 Å². The maximum absolute atomic E-state index is 14.5. The highest BCUT2D eigenvalue weighted by molar-refractivity contribution is 7.13. The van der Waals surface area contributed by atoms with Crippen LogP contribution in [-0.2, 0) is 4.74 Å². The van der Waals surface area contributed by atoms with E-state index in [2.05, 4.69) is 15.5 Å². The van der Waals surface area contributed by atoms with Gasteiger partial charge in [0.2, 0.25) is 5.13 Å². The van der Waals surface area contributed by atoms with Crippen LogP contribution in [-0.4, -0.2) is 60.1 Å². The van der Waals surface area contributed by atoms with E-state index in [4.69, 9.17) is 15.3 Å². The Labute approximate surface area is 152 Å². The number of halogens is 1. The number of ether oxygens (including phenoxy) is 1. The molecule has 1 aliphatic rings. The zero-order chi connectivity index (χ0) is 18.5. The molecule has 26 heavy (non-hydrogen) atoms. The number of nitrogens with zero attached hydrogens (tertiary/aromatic N) is 4. The van der Waals surface area contributed by atoms with Gasteiger partial charge in [0.15, 0.2) is 0 Å². The molecule has 1 aromatic carbocycles. The van der Waals surface area contributed by atoms with E-state index in [0.717, 1.165) is 6.34 Å². The molecule has 0 spiro atoms. The Morgan fingerprint density at radius 2 is 2.42 bits per heavy atom. The Morgan fingerprint density at radius 1 is 1.58 bits per heavy atom. The molecular weight excluding hydrogens is 363 g/mol. The lowest BCUT2D eigenvalue weighted by molar-refractivity contribution is 0.0963. The van der Waals surface area contributed by atoms with Crippen LogP contribution in [0.3, 0.4) is 0 Å². The summed E-state index contributed by atoms with van der Waals surface area (Å²) in [5.74, 6) is -0.567. The van der Waals surface area contributed by atoms with E-state index in [-0.39, 0.29) is 18.8 Å². The number of cyclic esters (lactones) is 1. The number of hydrogen-bond donors (Lipinski definition) is 3. The summed E-state index contributed by atoms with van der Waals surface area (Å²) in [5.41, 5.74) is 2.15. The van der Waals surface area contributed by atoms with Gasteiger partial charge >= 0.3 is 6.09 Å². The van der Waals surface area contributed by atoms with Crippen molar-refractivity contribution < 1.29 is 19.0 Å². The van der Waals surface area contributed by atoms with Gasteiger partial charge in [-0.25, -0.2) is 9.18 Å². The van der Waals surface area contributed by atoms with Crippen molar-refractivity contribution in [2.45, 2.75) is 6.10 Å². The number of carbonyl (C=O) groups excluding carboxylic acids is 1. The molecule has 1 fully saturated rings. The zero-order valence-electron chi connectivity index (χ0n) is 13.6. The number of rotatable bonds is 8. The Hall–Kier alpha value is -2.79. The third-order valence-corrected chi connectivity index (χ3v) is 4.42. The molecule has 9 nitrogen and oxygen atoms in total. The number of anilines is 3. The molecule has 138 valence electrons. The van der Waals surface area contributed by atoms with Gasteiger partial charge in [-0.15, -0.1) is 10.2 Å². The first kappa shape index (κ1) is 18.0. The molecule has 3 N–H and O–H groups in total. The third-order valence-electron chi connectivity index (χ3n) is 3.77. The quantitative estimate of drug-likeness (QED) is 0.470. The van der Waals surface area contributed by atoms with Crippen molar-refractivity contribution in [3.05, 3.63) is 29.5 Å². The summed E-state index contributed by atoms with van der Waals surface area (Å²) in [7, 11) is 0. The second-order valence-electron chi connectivity index (χ2n) is 5.43. The maximum atomic E-state index is 14.5. The fraction of sp³-hybridized carbons (Fsp3) is 0.333. The smallest absolute Gasteiger partial charge is 0.414 e. The number of nitrogens with one attached hydrogen (secondary N) is 2. The van der Waals surface area contributed by atoms with Crippen molar-refractivity contribution in [3.63, 3.8) is 0 Å². The van der Waals surface area contributed by atoms with E-state index in [1.165, 1.54) is 33.3 Å². The van der Waals surface area contributed by atoms with E-state index >= 15 is 0 Å². The molecule has 0 saturated carbocycles. The number of aliphatic hydroxyl groups excluding tert-OH is 1. The summed E-state index contributed by atoms with van der Waals surface area (Å²) < 4.78 is 19.5. The van der Waals surface area contributed by atoms with Crippen molar-refractivity contribution >= 4 is 40.3 Å². The van der Waals surface area contributed by atoms with Crippen molar-refractivity contribution in [1.29, 1.82) is 5.41 Å². The summed E-state index contributed by atoms with van der Waals surface area (Å²) in [6.07, 6.45) is -0.206. The van der Waals surface area contributed by atoms with Crippen LogP contribution in [0.2, 0.25) is 0 Å². The first-order valence-corrected chi connectivity index (χ1v) is 8.66. The minimum absolute atomic E-state index is 0.161. The predicted octanol–water partition coefficient (Wildman–Crippen LogP) is 1.52. The number of amides is 1. The molecule has 1 atom stereocenters. The van der Waals surface area contributed by atoms with E-state index in [1.807, 2.05) is 0 Å². The Morgan fingerprint density at radius 3 is 3.04 bits per heavy atom. The average Bonchev–Trinajstić information content (AvgIpc) is 3.28. The van der Waals surface area contributed by atoms with Crippen LogP contribution in [0.25, 0.3) is 0 Å². The van der Waals surface area contributed by atoms with Crippen LogP contribution in [0.15, 0.2) is 23.7 Å². The molecule has 1 saturated heterocycles. The lowest BCUT2D eigenvalue weighted by atomic mass is 10.2. The maximum Gasteiger partial charge on any atom is 0.414 e. The standard InChI is InChI=1S/C15H17FN6O3S/c16-12-5-10(22-6-11(7-23)25-15(22)24)1-2-13(12)21(8-17)4-3-18-14-20-19-9-26-14/h1-2,5,8-9,11,17,23H,3-4,6-7H2,(H,18,20). The number of aliphatic hydroxyl groups is 1. The Bertz CT molecular complexity index is 775. The van der Waals surface area contributed by atoms with Crippen molar-refractivity contribution in [1.82, 2.24) is 10.2 Å². The molecule has 1 unspecified atom stereocenters. The van der Waals surface area contributed by atoms with Crippen LogP contribution in [0, 0.1) is 11.2 Å². The normalized spacial score (nSPS) is 16.5. The van der Waals surface area contributed by atoms with E-state index in [9.17, 15) is 9.18 Å². The predicted molar refractivity (Wildman–Crippen MR) is 95.6 cm³/mol. The monoisotopic (exact) mass is 380 g/mol. The molecule has 1 aliphatic heterocycles. The highest BCUT2D eigenvalue weighted by Gasteiger charge is 2.32. The van der Waals surface area contributed by atoms with E-state index in [0.29, 0.717) is 23.9 Å². The first-order valence-electron chi connectivity index (χ1n) is 7.78.